The fraction of sp³-hybridized carbons (Fsp3) is 0.417. The highest BCUT2D eigenvalue weighted by Crippen LogP contribution is 2.23. The molecule has 0 aliphatic rings. The van der Waals surface area contributed by atoms with E-state index in [4.69, 9.17) is 10.5 Å². The van der Waals surface area contributed by atoms with Crippen LogP contribution in [0.2, 0.25) is 0 Å². The van der Waals surface area contributed by atoms with Gasteiger partial charge in [-0.3, -0.25) is 4.79 Å². The van der Waals surface area contributed by atoms with Gasteiger partial charge in [-0.2, -0.15) is 11.8 Å². The van der Waals surface area contributed by atoms with Crippen LogP contribution in [0.25, 0.3) is 0 Å². The average molecular weight is 254 g/mol. The number of methoxy groups -OCH3 is 1. The molecule has 3 N–H and O–H groups in total. The maximum Gasteiger partial charge on any atom is 0.241 e. The Kier molecular flexibility index (Phi) is 5.86. The highest BCUT2D eigenvalue weighted by Gasteiger charge is 2.14. The topological polar surface area (TPSA) is 64.3 Å². The van der Waals surface area contributed by atoms with E-state index >= 15 is 0 Å². The highest BCUT2D eigenvalue weighted by molar-refractivity contribution is 7.98. The van der Waals surface area contributed by atoms with Crippen molar-refractivity contribution in [3.05, 3.63) is 24.3 Å². The first-order valence-corrected chi connectivity index (χ1v) is 6.76. The summed E-state index contributed by atoms with van der Waals surface area (Å²) < 4.78 is 5.15. The van der Waals surface area contributed by atoms with Gasteiger partial charge in [0.05, 0.1) is 18.8 Å². The molecule has 0 aliphatic heterocycles. The van der Waals surface area contributed by atoms with Crippen LogP contribution >= 0.6 is 11.8 Å². The van der Waals surface area contributed by atoms with Crippen molar-refractivity contribution >= 4 is 23.4 Å². The predicted octanol–water partition coefficient (Wildman–Crippen LogP) is 1.71. The van der Waals surface area contributed by atoms with Gasteiger partial charge in [-0.1, -0.05) is 12.1 Å². The number of ether oxygens (including phenoxy) is 1. The largest absolute Gasteiger partial charge is 0.495 e. The number of carbonyl (C=O) groups is 1. The number of para-hydroxylation sites is 2. The standard InChI is InChI=1S/C12H18N2O2S/c1-16-11-6-4-3-5-10(11)14-12(15)9(13)7-8-17-2/h3-6,9H,7-8,13H2,1-2H3,(H,14,15)/t9-/m0/s1. The summed E-state index contributed by atoms with van der Waals surface area (Å²) in [5.74, 6) is 1.34. The lowest BCUT2D eigenvalue weighted by Gasteiger charge is -2.13. The van der Waals surface area contributed by atoms with Gasteiger partial charge in [-0.25, -0.2) is 0 Å². The van der Waals surface area contributed by atoms with E-state index in [1.165, 1.54) is 0 Å². The Morgan fingerprint density at radius 3 is 2.88 bits per heavy atom. The second-order valence-corrected chi connectivity index (χ2v) is 4.56. The number of nitrogens with one attached hydrogen (secondary N) is 1. The van der Waals surface area contributed by atoms with Crippen molar-refractivity contribution in [3.63, 3.8) is 0 Å². The minimum Gasteiger partial charge on any atom is -0.495 e. The van der Waals surface area contributed by atoms with Crippen LogP contribution in [0, 0.1) is 0 Å². The summed E-state index contributed by atoms with van der Waals surface area (Å²) in [6.07, 6.45) is 2.66. The molecule has 1 aromatic rings. The molecule has 4 nitrogen and oxygen atoms in total. The van der Waals surface area contributed by atoms with Crippen LogP contribution in [0.4, 0.5) is 5.69 Å². The number of hydrogen-bond acceptors (Lipinski definition) is 4. The Hall–Kier alpha value is -1.20. The number of hydrogen-bond donors (Lipinski definition) is 2. The van der Waals surface area contributed by atoms with Crippen LogP contribution in [0.15, 0.2) is 24.3 Å². The van der Waals surface area contributed by atoms with Gasteiger partial charge >= 0.3 is 0 Å². The third-order valence-corrected chi connectivity index (χ3v) is 2.98. The van der Waals surface area contributed by atoms with Crippen molar-refractivity contribution in [1.82, 2.24) is 0 Å². The first kappa shape index (κ1) is 13.9. The maximum absolute atomic E-state index is 11.8. The molecule has 0 aromatic heterocycles. The normalized spacial score (nSPS) is 11.9. The molecule has 0 radical (unpaired) electrons. The fourth-order valence-corrected chi connectivity index (χ4v) is 1.84. The van der Waals surface area contributed by atoms with Gasteiger partial charge in [0.25, 0.3) is 0 Å². The Labute approximate surface area is 106 Å². The summed E-state index contributed by atoms with van der Waals surface area (Å²) in [6, 6.07) is 6.79. The van der Waals surface area contributed by atoms with Crippen molar-refractivity contribution in [2.45, 2.75) is 12.5 Å². The molecule has 0 unspecified atom stereocenters. The summed E-state index contributed by atoms with van der Waals surface area (Å²) in [5, 5.41) is 2.77. The number of benzene rings is 1. The number of anilines is 1. The number of thioether (sulfide) groups is 1. The van der Waals surface area contributed by atoms with Gasteiger partial charge in [-0.15, -0.1) is 0 Å². The molecule has 1 aromatic carbocycles. The molecule has 94 valence electrons. The van der Waals surface area contributed by atoms with Crippen molar-refractivity contribution in [2.24, 2.45) is 5.73 Å². The summed E-state index contributed by atoms with van der Waals surface area (Å²) in [5.41, 5.74) is 6.43. The molecule has 0 spiro atoms. The van der Waals surface area contributed by atoms with Gasteiger partial charge in [0.2, 0.25) is 5.91 Å². The summed E-state index contributed by atoms with van der Waals surface area (Å²) >= 11 is 1.68. The molecule has 5 heteroatoms. The molecule has 0 heterocycles. The van der Waals surface area contributed by atoms with Gasteiger partial charge in [0.15, 0.2) is 0 Å². The van der Waals surface area contributed by atoms with Crippen molar-refractivity contribution in [1.29, 1.82) is 0 Å². The van der Waals surface area contributed by atoms with Crippen LogP contribution in [0.1, 0.15) is 6.42 Å². The molecular formula is C12H18N2O2S. The van der Waals surface area contributed by atoms with Crippen molar-refractivity contribution in [2.75, 3.05) is 24.4 Å². The summed E-state index contributed by atoms with van der Waals surface area (Å²) in [7, 11) is 1.57. The predicted molar refractivity (Wildman–Crippen MR) is 72.6 cm³/mol. The second-order valence-electron chi connectivity index (χ2n) is 3.58. The lowest BCUT2D eigenvalue weighted by atomic mass is 10.2. The van der Waals surface area contributed by atoms with Gasteiger partial charge in [0.1, 0.15) is 5.75 Å². The van der Waals surface area contributed by atoms with E-state index in [0.717, 1.165) is 5.75 Å². The molecule has 1 amide bonds. The zero-order chi connectivity index (χ0) is 12.7. The molecule has 0 bridgehead atoms. The molecule has 0 fully saturated rings. The zero-order valence-corrected chi connectivity index (χ0v) is 10.9. The number of carbonyl (C=O) groups excluding carboxylic acids is 1. The lowest BCUT2D eigenvalue weighted by Crippen LogP contribution is -2.36. The van der Waals surface area contributed by atoms with Crippen LogP contribution in [0.3, 0.4) is 0 Å². The third-order valence-electron chi connectivity index (χ3n) is 2.33. The Morgan fingerprint density at radius 2 is 2.24 bits per heavy atom. The minimum absolute atomic E-state index is 0.177. The highest BCUT2D eigenvalue weighted by atomic mass is 32.2. The van der Waals surface area contributed by atoms with Crippen molar-refractivity contribution < 1.29 is 9.53 Å². The molecular weight excluding hydrogens is 236 g/mol. The summed E-state index contributed by atoms with van der Waals surface area (Å²) in [6.45, 7) is 0. The monoisotopic (exact) mass is 254 g/mol. The SMILES string of the molecule is COc1ccccc1NC(=O)[C@@H](N)CCSC. The average Bonchev–Trinajstić information content (AvgIpc) is 2.36. The van der Waals surface area contributed by atoms with Crippen LogP contribution in [0.5, 0.6) is 5.75 Å². The van der Waals surface area contributed by atoms with Gasteiger partial charge < -0.3 is 15.8 Å². The quantitative estimate of drug-likeness (QED) is 0.811. The third kappa shape index (κ3) is 4.28. The van der Waals surface area contributed by atoms with E-state index in [1.54, 1.807) is 31.0 Å². The lowest BCUT2D eigenvalue weighted by molar-refractivity contribution is -0.117. The fourth-order valence-electron chi connectivity index (χ4n) is 1.35. The molecule has 1 rings (SSSR count). The van der Waals surface area contributed by atoms with Gasteiger partial charge in [-0.05, 0) is 30.6 Å². The Bertz CT molecular complexity index is 371. The van der Waals surface area contributed by atoms with Crippen molar-refractivity contribution in [3.8, 4) is 5.75 Å². The van der Waals surface area contributed by atoms with E-state index in [9.17, 15) is 4.79 Å². The number of amides is 1. The zero-order valence-electron chi connectivity index (χ0n) is 10.1. The Balaban J connectivity index is 2.61. The van der Waals surface area contributed by atoms with Crippen LogP contribution in [-0.4, -0.2) is 31.1 Å². The van der Waals surface area contributed by atoms with E-state index in [2.05, 4.69) is 5.32 Å². The van der Waals surface area contributed by atoms with E-state index in [-0.39, 0.29) is 5.91 Å². The molecule has 0 aliphatic carbocycles. The van der Waals surface area contributed by atoms with Gasteiger partial charge in [0, 0.05) is 0 Å². The first-order valence-electron chi connectivity index (χ1n) is 5.37. The van der Waals surface area contributed by atoms with Crippen LogP contribution in [-0.2, 0) is 4.79 Å². The molecule has 0 saturated carbocycles. The molecule has 17 heavy (non-hydrogen) atoms. The first-order chi connectivity index (χ1) is 8.19. The summed E-state index contributed by atoms with van der Waals surface area (Å²) in [4.78, 5) is 11.8. The number of rotatable bonds is 6. The van der Waals surface area contributed by atoms with Crippen LogP contribution < -0.4 is 15.8 Å². The molecule has 1 atom stereocenters. The van der Waals surface area contributed by atoms with E-state index < -0.39 is 6.04 Å². The Morgan fingerprint density at radius 1 is 1.53 bits per heavy atom. The minimum atomic E-state index is -0.479. The second kappa shape index (κ2) is 7.19. The number of nitrogens with two attached hydrogens (primary N) is 1. The molecule has 0 saturated heterocycles. The van der Waals surface area contributed by atoms with E-state index in [0.29, 0.717) is 17.9 Å². The maximum atomic E-state index is 11.8. The smallest absolute Gasteiger partial charge is 0.241 e. The van der Waals surface area contributed by atoms with E-state index in [1.807, 2.05) is 18.4 Å².